The summed E-state index contributed by atoms with van der Waals surface area (Å²) in [6.07, 6.45) is 4.29. The van der Waals surface area contributed by atoms with Crippen LogP contribution in [0.2, 0.25) is 0 Å². The summed E-state index contributed by atoms with van der Waals surface area (Å²) in [6.45, 7) is 5.93. The number of piperazine rings is 1. The number of pyridine rings is 1. The van der Waals surface area contributed by atoms with Crippen molar-refractivity contribution in [2.75, 3.05) is 63.6 Å². The van der Waals surface area contributed by atoms with Crippen molar-refractivity contribution in [1.82, 2.24) is 19.9 Å². The molecule has 2 fully saturated rings. The number of phenols is 1. The zero-order valence-corrected chi connectivity index (χ0v) is 29.8. The molecule has 0 aliphatic carbocycles. The van der Waals surface area contributed by atoms with Crippen LogP contribution < -0.4 is 35.8 Å². The highest BCUT2D eigenvalue weighted by molar-refractivity contribution is 7.92. The standard InChI is InChI=1S/C37H43N11O3S/c1-26-7-10-32(11-8-26)52(50,51)48(23-27-5-3-2-4-6-27)33-12-9-30(22-34(33)49)41-35-42-36(44-37(43-35)47-24-28(38)21-29(39)25-47)46-19-17-45(18-20-46)31-13-15-40-16-14-31/h2-16,22,28-29,49H,17-21,23-25,38-39H2,1H3,(H,41,42,43,44)/t28-,29+. The molecule has 52 heavy (non-hydrogen) atoms. The van der Waals surface area contributed by atoms with Crippen LogP contribution in [-0.2, 0) is 16.6 Å². The van der Waals surface area contributed by atoms with Crippen molar-refractivity contribution < 1.29 is 13.5 Å². The topological polar surface area (TPSA) is 183 Å². The number of phenolic OH excluding ortho intramolecular Hbond substituents is 1. The van der Waals surface area contributed by atoms with Crippen molar-refractivity contribution in [3.8, 4) is 5.75 Å². The van der Waals surface area contributed by atoms with E-state index in [1.54, 1.807) is 48.8 Å². The molecule has 2 atom stereocenters. The van der Waals surface area contributed by atoms with Gasteiger partial charge in [0.05, 0.1) is 17.1 Å². The maximum atomic E-state index is 14.0. The van der Waals surface area contributed by atoms with Gasteiger partial charge in [-0.15, -0.1) is 0 Å². The second-order valence-electron chi connectivity index (χ2n) is 13.2. The first-order chi connectivity index (χ1) is 25.1. The fraction of sp³-hybridized carbons (Fsp3) is 0.297. The number of sulfonamides is 1. The van der Waals surface area contributed by atoms with E-state index in [0.717, 1.165) is 29.9 Å². The van der Waals surface area contributed by atoms with E-state index in [9.17, 15) is 13.5 Å². The molecule has 0 spiro atoms. The Labute approximate surface area is 303 Å². The summed E-state index contributed by atoms with van der Waals surface area (Å²) in [7, 11) is -4.05. The van der Waals surface area contributed by atoms with Gasteiger partial charge in [0.1, 0.15) is 5.75 Å². The summed E-state index contributed by atoms with van der Waals surface area (Å²) in [4.78, 5) is 25.1. The monoisotopic (exact) mass is 721 g/mol. The number of aromatic nitrogens is 4. The number of aromatic hydroxyl groups is 1. The van der Waals surface area contributed by atoms with Gasteiger partial charge in [-0.3, -0.25) is 9.29 Å². The molecule has 0 radical (unpaired) electrons. The highest BCUT2D eigenvalue weighted by Gasteiger charge is 2.29. The first-order valence-corrected chi connectivity index (χ1v) is 18.7. The van der Waals surface area contributed by atoms with Crippen molar-refractivity contribution in [2.24, 2.45) is 11.5 Å². The number of nitrogens with two attached hydrogens (primary N) is 2. The van der Waals surface area contributed by atoms with E-state index in [4.69, 9.17) is 26.4 Å². The summed E-state index contributed by atoms with van der Waals surface area (Å²) < 4.78 is 29.3. The van der Waals surface area contributed by atoms with E-state index >= 15 is 0 Å². The maximum Gasteiger partial charge on any atom is 0.264 e. The van der Waals surface area contributed by atoms with Gasteiger partial charge in [-0.25, -0.2) is 8.42 Å². The zero-order chi connectivity index (χ0) is 36.2. The number of nitrogens with one attached hydrogen (secondary N) is 1. The van der Waals surface area contributed by atoms with Gasteiger partial charge in [0, 0.05) is 81.2 Å². The van der Waals surface area contributed by atoms with E-state index in [-0.39, 0.29) is 40.9 Å². The van der Waals surface area contributed by atoms with E-state index in [1.165, 1.54) is 10.4 Å². The molecule has 2 saturated heterocycles. The van der Waals surface area contributed by atoms with Gasteiger partial charge in [-0.1, -0.05) is 48.0 Å². The minimum absolute atomic E-state index is 0.0199. The number of hydrogen-bond acceptors (Lipinski definition) is 13. The van der Waals surface area contributed by atoms with Crippen LogP contribution in [0.1, 0.15) is 17.5 Å². The molecule has 2 aromatic heterocycles. The van der Waals surface area contributed by atoms with Crippen LogP contribution in [-0.4, -0.2) is 84.8 Å². The molecule has 4 heterocycles. The highest BCUT2D eigenvalue weighted by Crippen LogP contribution is 2.36. The zero-order valence-electron chi connectivity index (χ0n) is 29.0. The Bertz CT molecular complexity index is 2070. The molecule has 0 bridgehead atoms. The minimum atomic E-state index is -4.05. The summed E-state index contributed by atoms with van der Waals surface area (Å²) >= 11 is 0. The Morgan fingerprint density at radius 1 is 0.808 bits per heavy atom. The molecular formula is C37H43N11O3S. The lowest BCUT2D eigenvalue weighted by Crippen LogP contribution is -2.53. The normalized spacial score (nSPS) is 17.9. The second kappa shape index (κ2) is 15.0. The predicted molar refractivity (Wildman–Crippen MR) is 204 cm³/mol. The highest BCUT2D eigenvalue weighted by atomic mass is 32.2. The lowest BCUT2D eigenvalue weighted by molar-refractivity contribution is 0.446. The Morgan fingerprint density at radius 3 is 2.10 bits per heavy atom. The van der Waals surface area contributed by atoms with Gasteiger partial charge < -0.3 is 36.6 Å². The molecule has 3 aromatic carbocycles. The molecule has 0 amide bonds. The van der Waals surface area contributed by atoms with Crippen LogP contribution >= 0.6 is 0 Å². The third-order valence-corrected chi connectivity index (χ3v) is 11.1. The van der Waals surface area contributed by atoms with Gasteiger partial charge in [-0.05, 0) is 55.3 Å². The number of aryl methyl sites for hydroxylation is 1. The first-order valence-electron chi connectivity index (χ1n) is 17.3. The smallest absolute Gasteiger partial charge is 0.264 e. The average Bonchev–Trinajstić information content (AvgIpc) is 3.15. The fourth-order valence-corrected chi connectivity index (χ4v) is 8.05. The van der Waals surface area contributed by atoms with Gasteiger partial charge in [-0.2, -0.15) is 15.0 Å². The van der Waals surface area contributed by atoms with Crippen LogP contribution in [0.15, 0.2) is 102 Å². The van der Waals surface area contributed by atoms with Crippen molar-refractivity contribution >= 4 is 44.9 Å². The molecule has 7 rings (SSSR count). The third-order valence-electron chi connectivity index (χ3n) is 9.28. The molecule has 15 heteroatoms. The fourth-order valence-electron chi connectivity index (χ4n) is 6.58. The molecule has 6 N–H and O–H groups in total. The van der Waals surface area contributed by atoms with E-state index in [1.807, 2.05) is 54.3 Å². The quantitative estimate of drug-likeness (QED) is 0.164. The van der Waals surface area contributed by atoms with Crippen molar-refractivity contribution in [1.29, 1.82) is 0 Å². The largest absolute Gasteiger partial charge is 0.506 e. The summed E-state index contributed by atoms with van der Waals surface area (Å²) in [6, 6.07) is 24.4. The number of piperidine rings is 1. The van der Waals surface area contributed by atoms with Crippen LogP contribution in [0.25, 0.3) is 0 Å². The number of benzene rings is 3. The lowest BCUT2D eigenvalue weighted by Gasteiger charge is -2.37. The number of nitrogens with zero attached hydrogens (tertiary/aromatic N) is 8. The molecule has 0 saturated carbocycles. The number of anilines is 6. The van der Waals surface area contributed by atoms with Crippen molar-refractivity contribution in [2.45, 2.75) is 36.9 Å². The summed E-state index contributed by atoms with van der Waals surface area (Å²) in [5, 5.41) is 14.6. The SMILES string of the molecule is Cc1ccc(S(=O)(=O)N(Cc2ccccc2)c2ccc(Nc3nc(N4CCN(c5ccncc5)CC4)nc(N4C[C@H](N)C[C@H](N)C4)n3)cc2O)cc1. The average molecular weight is 722 g/mol. The Kier molecular flexibility index (Phi) is 10.1. The Balaban J connectivity index is 1.18. The van der Waals surface area contributed by atoms with Crippen LogP contribution in [0.5, 0.6) is 5.75 Å². The molecule has 2 aliphatic rings. The molecular weight excluding hydrogens is 679 g/mol. The Hall–Kier alpha value is -5.51. The van der Waals surface area contributed by atoms with E-state index in [2.05, 4.69) is 20.1 Å². The molecule has 2 aliphatic heterocycles. The van der Waals surface area contributed by atoms with Gasteiger partial charge in [0.25, 0.3) is 10.0 Å². The van der Waals surface area contributed by atoms with E-state index in [0.29, 0.717) is 50.2 Å². The molecule has 5 aromatic rings. The van der Waals surface area contributed by atoms with Crippen molar-refractivity contribution in [3.05, 3.63) is 108 Å². The van der Waals surface area contributed by atoms with Crippen molar-refractivity contribution in [3.63, 3.8) is 0 Å². The van der Waals surface area contributed by atoms with Crippen LogP contribution in [0, 0.1) is 6.92 Å². The molecule has 0 unspecified atom stereocenters. The van der Waals surface area contributed by atoms with Crippen LogP contribution in [0.4, 0.5) is 34.9 Å². The van der Waals surface area contributed by atoms with Gasteiger partial charge in [0.15, 0.2) is 0 Å². The van der Waals surface area contributed by atoms with E-state index < -0.39 is 10.0 Å². The number of hydrogen-bond donors (Lipinski definition) is 4. The minimum Gasteiger partial charge on any atom is -0.506 e. The summed E-state index contributed by atoms with van der Waals surface area (Å²) in [5.74, 6) is 0.999. The van der Waals surface area contributed by atoms with Gasteiger partial charge >= 0.3 is 0 Å². The second-order valence-corrected chi connectivity index (χ2v) is 15.1. The third kappa shape index (κ3) is 7.86. The summed E-state index contributed by atoms with van der Waals surface area (Å²) in [5.41, 5.74) is 16.1. The lowest BCUT2D eigenvalue weighted by atomic mass is 10.0. The van der Waals surface area contributed by atoms with Crippen LogP contribution in [0.3, 0.4) is 0 Å². The number of rotatable bonds is 10. The molecule has 270 valence electrons. The Morgan fingerprint density at radius 2 is 1.44 bits per heavy atom. The predicted octanol–water partition coefficient (Wildman–Crippen LogP) is 3.61. The maximum absolute atomic E-state index is 14.0. The first kappa shape index (κ1) is 34.9. The van der Waals surface area contributed by atoms with Gasteiger partial charge in [0.2, 0.25) is 17.8 Å². The molecule has 14 nitrogen and oxygen atoms in total.